The average Bonchev–Trinajstić information content (AvgIpc) is 1.81. The van der Waals surface area contributed by atoms with Crippen molar-refractivity contribution in [2.24, 2.45) is 5.41 Å². The molecule has 0 amide bonds. The van der Waals surface area contributed by atoms with Gasteiger partial charge in [-0.1, -0.05) is 20.4 Å². The zero-order valence-electron chi connectivity index (χ0n) is 7.42. The molecule has 1 heterocycles. The Morgan fingerprint density at radius 1 is 1.64 bits per heavy atom. The summed E-state index contributed by atoms with van der Waals surface area (Å²) in [5, 5.41) is 9.27. The van der Waals surface area contributed by atoms with E-state index in [9.17, 15) is 5.11 Å². The molecule has 1 aliphatic rings. The molecule has 2 nitrogen and oxygen atoms in total. The minimum Gasteiger partial charge on any atom is -0.368 e. The first-order valence-corrected chi connectivity index (χ1v) is 3.96. The Hall–Kier alpha value is -0.340. The fourth-order valence-electron chi connectivity index (χ4n) is 1.48. The van der Waals surface area contributed by atoms with Gasteiger partial charge in [0.15, 0.2) is 6.29 Å². The van der Waals surface area contributed by atoms with Crippen LogP contribution in [0.5, 0.6) is 0 Å². The number of hydrogen-bond donors (Lipinski definition) is 1. The molecule has 0 bridgehead atoms. The molecule has 0 aliphatic carbocycles. The predicted molar refractivity (Wildman–Crippen MR) is 44.1 cm³/mol. The molecule has 2 atom stereocenters. The molecular formula is C9H16O2. The lowest BCUT2D eigenvalue weighted by Gasteiger charge is -2.39. The van der Waals surface area contributed by atoms with Crippen molar-refractivity contribution in [3.8, 4) is 0 Å². The Bertz CT molecular complexity index is 172. The molecule has 0 aromatic heterocycles. The van der Waals surface area contributed by atoms with E-state index in [0.717, 1.165) is 5.57 Å². The summed E-state index contributed by atoms with van der Waals surface area (Å²) in [5.74, 6) is 0. The van der Waals surface area contributed by atoms with E-state index < -0.39 is 6.29 Å². The fourth-order valence-corrected chi connectivity index (χ4v) is 1.48. The summed E-state index contributed by atoms with van der Waals surface area (Å²) in [5.41, 5.74) is 1.08. The molecule has 0 aromatic carbocycles. The monoisotopic (exact) mass is 156 g/mol. The van der Waals surface area contributed by atoms with Crippen LogP contribution in [0.4, 0.5) is 0 Å². The highest BCUT2D eigenvalue weighted by atomic mass is 16.6. The normalized spacial score (nSPS) is 37.3. The minimum absolute atomic E-state index is 0.0110. The topological polar surface area (TPSA) is 29.5 Å². The third kappa shape index (κ3) is 1.63. The first kappa shape index (κ1) is 8.75. The van der Waals surface area contributed by atoms with Gasteiger partial charge in [-0.3, -0.25) is 0 Å². The fraction of sp³-hybridized carbons (Fsp3) is 0.778. The van der Waals surface area contributed by atoms with Gasteiger partial charge in [0.25, 0.3) is 0 Å². The average molecular weight is 156 g/mol. The molecule has 1 aliphatic heterocycles. The summed E-state index contributed by atoms with van der Waals surface area (Å²) < 4.78 is 5.19. The van der Waals surface area contributed by atoms with E-state index in [1.165, 1.54) is 0 Å². The Labute approximate surface area is 67.9 Å². The van der Waals surface area contributed by atoms with Crippen LogP contribution in [0.3, 0.4) is 0 Å². The standard InChI is InChI=1S/C9H16O2/c1-6-7(2)11-8(10)5-9(6,3)4/h7-8,10H,1,5H2,2-4H3/t7-,8+/m0/s1. The van der Waals surface area contributed by atoms with Gasteiger partial charge in [-0.2, -0.15) is 0 Å². The maximum atomic E-state index is 9.27. The molecule has 0 aromatic rings. The van der Waals surface area contributed by atoms with Crippen LogP contribution < -0.4 is 0 Å². The van der Waals surface area contributed by atoms with Crippen molar-refractivity contribution in [3.63, 3.8) is 0 Å². The predicted octanol–water partition coefficient (Wildman–Crippen LogP) is 1.70. The zero-order valence-corrected chi connectivity index (χ0v) is 7.42. The summed E-state index contributed by atoms with van der Waals surface area (Å²) in [7, 11) is 0. The summed E-state index contributed by atoms with van der Waals surface area (Å²) in [6, 6.07) is 0. The lowest BCUT2D eigenvalue weighted by molar-refractivity contribution is -0.160. The third-order valence-corrected chi connectivity index (χ3v) is 2.41. The Morgan fingerprint density at radius 3 is 2.64 bits per heavy atom. The maximum absolute atomic E-state index is 9.27. The van der Waals surface area contributed by atoms with Crippen molar-refractivity contribution >= 4 is 0 Å². The van der Waals surface area contributed by atoms with Crippen molar-refractivity contribution in [2.75, 3.05) is 0 Å². The van der Waals surface area contributed by atoms with Crippen molar-refractivity contribution in [2.45, 2.75) is 39.6 Å². The van der Waals surface area contributed by atoms with Gasteiger partial charge >= 0.3 is 0 Å². The van der Waals surface area contributed by atoms with Gasteiger partial charge in [-0.25, -0.2) is 0 Å². The highest BCUT2D eigenvalue weighted by Crippen LogP contribution is 2.38. The van der Waals surface area contributed by atoms with Crippen molar-refractivity contribution in [1.82, 2.24) is 0 Å². The van der Waals surface area contributed by atoms with Crippen LogP contribution >= 0.6 is 0 Å². The first-order chi connectivity index (χ1) is 4.93. The van der Waals surface area contributed by atoms with Crippen LogP contribution in [0.25, 0.3) is 0 Å². The lowest BCUT2D eigenvalue weighted by atomic mass is 9.77. The summed E-state index contributed by atoms with van der Waals surface area (Å²) in [6.45, 7) is 10.0. The van der Waals surface area contributed by atoms with Crippen LogP contribution in [-0.4, -0.2) is 17.5 Å². The van der Waals surface area contributed by atoms with Gasteiger partial charge < -0.3 is 9.84 Å². The van der Waals surface area contributed by atoms with Crippen LogP contribution in [0.1, 0.15) is 27.2 Å². The number of rotatable bonds is 0. The van der Waals surface area contributed by atoms with Gasteiger partial charge in [-0.05, 0) is 17.9 Å². The maximum Gasteiger partial charge on any atom is 0.156 e. The van der Waals surface area contributed by atoms with Crippen LogP contribution in [-0.2, 0) is 4.74 Å². The van der Waals surface area contributed by atoms with Crippen LogP contribution in [0, 0.1) is 5.41 Å². The molecule has 1 saturated heterocycles. The van der Waals surface area contributed by atoms with E-state index in [1.54, 1.807) is 0 Å². The molecule has 0 radical (unpaired) electrons. The molecule has 0 unspecified atom stereocenters. The molecule has 1 rings (SSSR count). The molecule has 2 heteroatoms. The van der Waals surface area contributed by atoms with Crippen LogP contribution in [0.2, 0.25) is 0 Å². The third-order valence-electron chi connectivity index (χ3n) is 2.41. The second-order valence-electron chi connectivity index (χ2n) is 3.85. The van der Waals surface area contributed by atoms with E-state index in [0.29, 0.717) is 6.42 Å². The number of hydrogen-bond acceptors (Lipinski definition) is 2. The molecular weight excluding hydrogens is 140 g/mol. The van der Waals surface area contributed by atoms with Crippen molar-refractivity contribution in [3.05, 3.63) is 12.2 Å². The summed E-state index contributed by atoms with van der Waals surface area (Å²) in [6.07, 6.45) is 0.00940. The van der Waals surface area contributed by atoms with E-state index >= 15 is 0 Å². The first-order valence-electron chi connectivity index (χ1n) is 3.96. The van der Waals surface area contributed by atoms with Gasteiger partial charge in [0.2, 0.25) is 0 Å². The van der Waals surface area contributed by atoms with Gasteiger partial charge in [0.05, 0.1) is 6.10 Å². The highest BCUT2D eigenvalue weighted by Gasteiger charge is 2.34. The SMILES string of the molecule is C=C1[C@H](C)O[C@@H](O)CC1(C)C. The number of ether oxygens (including phenoxy) is 1. The summed E-state index contributed by atoms with van der Waals surface area (Å²) in [4.78, 5) is 0. The Morgan fingerprint density at radius 2 is 2.18 bits per heavy atom. The molecule has 11 heavy (non-hydrogen) atoms. The Balaban J connectivity index is 2.75. The minimum atomic E-state index is -0.620. The second kappa shape index (κ2) is 2.61. The smallest absolute Gasteiger partial charge is 0.156 e. The van der Waals surface area contributed by atoms with E-state index in [4.69, 9.17) is 4.74 Å². The van der Waals surface area contributed by atoms with Crippen molar-refractivity contribution < 1.29 is 9.84 Å². The van der Waals surface area contributed by atoms with Crippen LogP contribution in [0.15, 0.2) is 12.2 Å². The van der Waals surface area contributed by atoms with E-state index in [2.05, 4.69) is 20.4 Å². The quantitative estimate of drug-likeness (QED) is 0.541. The van der Waals surface area contributed by atoms with E-state index in [-0.39, 0.29) is 11.5 Å². The Kier molecular flexibility index (Phi) is 2.08. The van der Waals surface area contributed by atoms with Crippen molar-refractivity contribution in [1.29, 1.82) is 0 Å². The number of aliphatic hydroxyl groups excluding tert-OH is 1. The second-order valence-corrected chi connectivity index (χ2v) is 3.85. The number of aliphatic hydroxyl groups is 1. The molecule has 0 spiro atoms. The highest BCUT2D eigenvalue weighted by molar-refractivity contribution is 5.14. The zero-order chi connectivity index (χ0) is 8.65. The lowest BCUT2D eigenvalue weighted by Crippen LogP contribution is -2.37. The van der Waals surface area contributed by atoms with Gasteiger partial charge in [0.1, 0.15) is 0 Å². The van der Waals surface area contributed by atoms with E-state index in [1.807, 2.05) is 6.92 Å². The molecule has 64 valence electrons. The largest absolute Gasteiger partial charge is 0.368 e. The summed E-state index contributed by atoms with van der Waals surface area (Å²) >= 11 is 0. The molecule has 1 fully saturated rings. The molecule has 1 N–H and O–H groups in total. The van der Waals surface area contributed by atoms with Gasteiger partial charge in [-0.15, -0.1) is 0 Å². The van der Waals surface area contributed by atoms with Gasteiger partial charge in [0, 0.05) is 6.42 Å². The molecule has 0 saturated carbocycles.